The lowest BCUT2D eigenvalue weighted by Gasteiger charge is -2.35. The fourth-order valence-corrected chi connectivity index (χ4v) is 5.32. The Balaban J connectivity index is 1.30. The fourth-order valence-electron chi connectivity index (χ4n) is 3.32. The van der Waals surface area contributed by atoms with E-state index in [0.717, 1.165) is 43.3 Å². The third kappa shape index (κ3) is 4.48. The van der Waals surface area contributed by atoms with Crippen LogP contribution in [0.4, 0.5) is 5.69 Å². The molecule has 27 heavy (non-hydrogen) atoms. The van der Waals surface area contributed by atoms with Crippen molar-refractivity contribution in [2.75, 3.05) is 31.5 Å². The van der Waals surface area contributed by atoms with Crippen LogP contribution in [0.1, 0.15) is 11.3 Å². The number of nitrogens with zero attached hydrogens (tertiary/aromatic N) is 2. The summed E-state index contributed by atoms with van der Waals surface area (Å²) >= 11 is 9.19. The van der Waals surface area contributed by atoms with E-state index >= 15 is 0 Å². The molecule has 0 aliphatic carbocycles. The Kier molecular flexibility index (Phi) is 5.73. The first kappa shape index (κ1) is 18.8. The van der Waals surface area contributed by atoms with Crippen LogP contribution in [0.3, 0.4) is 0 Å². The topological polar surface area (TPSA) is 52.7 Å². The molecule has 1 unspecified atom stereocenters. The minimum absolute atomic E-state index is 0.0517. The van der Waals surface area contributed by atoms with E-state index in [-0.39, 0.29) is 18.2 Å². The highest BCUT2D eigenvalue weighted by molar-refractivity contribution is 8.01. The Labute approximate surface area is 171 Å². The summed E-state index contributed by atoms with van der Waals surface area (Å²) in [4.78, 5) is 31.6. The van der Waals surface area contributed by atoms with Gasteiger partial charge in [-0.25, -0.2) is 0 Å². The van der Waals surface area contributed by atoms with Crippen molar-refractivity contribution in [2.24, 2.45) is 0 Å². The van der Waals surface area contributed by atoms with Crippen LogP contribution in [0.5, 0.6) is 0 Å². The van der Waals surface area contributed by atoms with Gasteiger partial charge in [-0.3, -0.25) is 14.5 Å². The number of rotatable bonds is 4. The summed E-state index contributed by atoms with van der Waals surface area (Å²) in [7, 11) is 0. The van der Waals surface area contributed by atoms with Crippen LogP contribution in [0.25, 0.3) is 0 Å². The van der Waals surface area contributed by atoms with E-state index in [2.05, 4.69) is 27.7 Å². The zero-order valence-corrected chi connectivity index (χ0v) is 17.1. The number of fused-ring (bicyclic) bond motifs is 1. The second-order valence-corrected chi connectivity index (χ2v) is 9.39. The SMILES string of the molecule is O=C1Nc2cc(Cl)ccc2SC1CC(=O)N1CCN(Cc2cccs2)CC1. The summed E-state index contributed by atoms with van der Waals surface area (Å²) in [5, 5.41) is 5.15. The molecule has 0 radical (unpaired) electrons. The first-order valence-corrected chi connectivity index (χ1v) is 11.0. The predicted molar refractivity (Wildman–Crippen MR) is 111 cm³/mol. The molecule has 0 bridgehead atoms. The summed E-state index contributed by atoms with van der Waals surface area (Å²) in [6, 6.07) is 9.65. The van der Waals surface area contributed by atoms with Gasteiger partial charge in [0.15, 0.2) is 0 Å². The number of amides is 2. The van der Waals surface area contributed by atoms with Crippen molar-refractivity contribution in [3.05, 3.63) is 45.6 Å². The number of hydrogen-bond acceptors (Lipinski definition) is 5. The lowest BCUT2D eigenvalue weighted by atomic mass is 10.2. The first-order chi connectivity index (χ1) is 13.1. The van der Waals surface area contributed by atoms with Crippen LogP contribution in [-0.4, -0.2) is 53.0 Å². The van der Waals surface area contributed by atoms with Crippen LogP contribution in [0.15, 0.2) is 40.6 Å². The number of carbonyl (C=O) groups is 2. The number of anilines is 1. The predicted octanol–water partition coefficient (Wildman–Crippen LogP) is 3.55. The average molecular weight is 422 g/mol. The Hall–Kier alpha value is -1.54. The quantitative estimate of drug-likeness (QED) is 0.820. The molecule has 2 amide bonds. The van der Waals surface area contributed by atoms with Crippen molar-refractivity contribution in [2.45, 2.75) is 23.1 Å². The molecule has 2 aromatic rings. The van der Waals surface area contributed by atoms with Gasteiger partial charge in [0.25, 0.3) is 0 Å². The largest absolute Gasteiger partial charge is 0.340 e. The number of nitrogens with one attached hydrogen (secondary N) is 1. The molecular weight excluding hydrogens is 402 g/mol. The molecule has 1 fully saturated rings. The molecule has 1 aromatic carbocycles. The van der Waals surface area contributed by atoms with Gasteiger partial charge in [-0.05, 0) is 29.6 Å². The Morgan fingerprint density at radius 1 is 1.22 bits per heavy atom. The van der Waals surface area contributed by atoms with Gasteiger partial charge >= 0.3 is 0 Å². The van der Waals surface area contributed by atoms with E-state index in [1.165, 1.54) is 16.6 Å². The molecule has 4 rings (SSSR count). The summed E-state index contributed by atoms with van der Waals surface area (Å²) in [5.41, 5.74) is 0.725. The first-order valence-electron chi connectivity index (χ1n) is 8.88. The van der Waals surface area contributed by atoms with Crippen molar-refractivity contribution in [3.63, 3.8) is 0 Å². The molecule has 0 spiro atoms. The lowest BCUT2D eigenvalue weighted by molar-refractivity contribution is -0.134. The molecule has 8 heteroatoms. The van der Waals surface area contributed by atoms with E-state index in [0.29, 0.717) is 5.02 Å². The zero-order valence-electron chi connectivity index (χ0n) is 14.7. The summed E-state index contributed by atoms with van der Waals surface area (Å²) in [6.07, 6.45) is 0.226. The third-order valence-electron chi connectivity index (χ3n) is 4.81. The maximum atomic E-state index is 12.7. The molecule has 1 saturated heterocycles. The van der Waals surface area contributed by atoms with E-state index in [1.807, 2.05) is 11.0 Å². The molecule has 1 atom stereocenters. The van der Waals surface area contributed by atoms with Gasteiger partial charge in [0.1, 0.15) is 0 Å². The summed E-state index contributed by atoms with van der Waals surface area (Å²) in [5.74, 6) is -0.0738. The number of thiophene rings is 1. The normalized spacial score (nSPS) is 20.3. The van der Waals surface area contributed by atoms with Crippen molar-refractivity contribution in [1.82, 2.24) is 9.80 Å². The average Bonchev–Trinajstić information content (AvgIpc) is 3.16. The standard InChI is InChI=1S/C19H20ClN3O2S2/c20-13-3-4-16-15(10-13)21-19(25)17(27-16)11-18(24)23-7-5-22(6-8-23)12-14-2-1-9-26-14/h1-4,9-10,17H,5-8,11-12H2,(H,21,25). The van der Waals surface area contributed by atoms with Gasteiger partial charge in [0.2, 0.25) is 11.8 Å². The summed E-state index contributed by atoms with van der Waals surface area (Å²) in [6.45, 7) is 4.12. The lowest BCUT2D eigenvalue weighted by Crippen LogP contribution is -2.49. The molecular formula is C19H20ClN3O2S2. The Morgan fingerprint density at radius 3 is 2.78 bits per heavy atom. The van der Waals surface area contributed by atoms with Gasteiger partial charge in [-0.1, -0.05) is 17.7 Å². The molecule has 2 aliphatic rings. The molecule has 1 aromatic heterocycles. The van der Waals surface area contributed by atoms with Crippen molar-refractivity contribution in [3.8, 4) is 0 Å². The fraction of sp³-hybridized carbons (Fsp3) is 0.368. The third-order valence-corrected chi connectivity index (χ3v) is 7.18. The van der Waals surface area contributed by atoms with Crippen LogP contribution in [0, 0.1) is 0 Å². The smallest absolute Gasteiger partial charge is 0.238 e. The molecule has 0 saturated carbocycles. The number of halogens is 1. The second kappa shape index (κ2) is 8.22. The number of piperazine rings is 1. The number of thioether (sulfide) groups is 1. The molecule has 142 valence electrons. The van der Waals surface area contributed by atoms with Crippen LogP contribution >= 0.6 is 34.7 Å². The van der Waals surface area contributed by atoms with Crippen molar-refractivity contribution >= 4 is 52.2 Å². The van der Waals surface area contributed by atoms with Gasteiger partial charge in [-0.15, -0.1) is 23.1 Å². The maximum Gasteiger partial charge on any atom is 0.238 e. The minimum Gasteiger partial charge on any atom is -0.340 e. The molecule has 5 nitrogen and oxygen atoms in total. The van der Waals surface area contributed by atoms with E-state index in [9.17, 15) is 9.59 Å². The van der Waals surface area contributed by atoms with E-state index < -0.39 is 5.25 Å². The highest BCUT2D eigenvalue weighted by atomic mass is 35.5. The summed E-state index contributed by atoms with van der Waals surface area (Å²) < 4.78 is 0. The van der Waals surface area contributed by atoms with Crippen molar-refractivity contribution < 1.29 is 9.59 Å². The monoisotopic (exact) mass is 421 g/mol. The highest BCUT2D eigenvalue weighted by Gasteiger charge is 2.31. The highest BCUT2D eigenvalue weighted by Crippen LogP contribution is 2.38. The zero-order chi connectivity index (χ0) is 18.8. The van der Waals surface area contributed by atoms with Crippen molar-refractivity contribution in [1.29, 1.82) is 0 Å². The number of carbonyl (C=O) groups excluding carboxylic acids is 2. The molecule has 1 N–H and O–H groups in total. The van der Waals surface area contributed by atoms with Crippen LogP contribution < -0.4 is 5.32 Å². The Morgan fingerprint density at radius 2 is 2.04 bits per heavy atom. The number of benzene rings is 1. The Bertz CT molecular complexity index is 835. The van der Waals surface area contributed by atoms with Gasteiger partial charge in [0.05, 0.1) is 10.9 Å². The van der Waals surface area contributed by atoms with Crippen LogP contribution in [-0.2, 0) is 16.1 Å². The molecule has 2 aliphatic heterocycles. The van der Waals surface area contributed by atoms with Gasteiger partial charge in [0, 0.05) is 53.9 Å². The van der Waals surface area contributed by atoms with Gasteiger partial charge in [-0.2, -0.15) is 0 Å². The van der Waals surface area contributed by atoms with E-state index in [1.54, 1.807) is 23.5 Å². The maximum absolute atomic E-state index is 12.7. The van der Waals surface area contributed by atoms with E-state index in [4.69, 9.17) is 11.6 Å². The number of hydrogen-bond donors (Lipinski definition) is 1. The van der Waals surface area contributed by atoms with Gasteiger partial charge < -0.3 is 10.2 Å². The minimum atomic E-state index is -0.393. The van der Waals surface area contributed by atoms with Crippen LogP contribution in [0.2, 0.25) is 5.02 Å². The molecule has 3 heterocycles. The second-order valence-electron chi connectivity index (χ2n) is 6.68.